The van der Waals surface area contributed by atoms with Crippen LogP contribution in [0.1, 0.15) is 22.7 Å². The van der Waals surface area contributed by atoms with Gasteiger partial charge in [-0.05, 0) is 43.7 Å². The number of nitrogens with zero attached hydrogens (tertiary/aromatic N) is 1. The molecule has 140 valence electrons. The van der Waals surface area contributed by atoms with Crippen LogP contribution in [-0.4, -0.2) is 27.9 Å². The van der Waals surface area contributed by atoms with Gasteiger partial charge in [-0.2, -0.15) is 0 Å². The van der Waals surface area contributed by atoms with E-state index in [1.165, 1.54) is 13.1 Å². The lowest BCUT2D eigenvalue weighted by Gasteiger charge is -2.22. The van der Waals surface area contributed by atoms with Crippen molar-refractivity contribution in [2.75, 3.05) is 18.5 Å². The molecule has 26 heavy (non-hydrogen) atoms. The number of nitrogens with two attached hydrogens (primary N) is 1. The second kappa shape index (κ2) is 7.75. The molecule has 3 N–H and O–H groups in total. The van der Waals surface area contributed by atoms with Crippen LogP contribution in [0.25, 0.3) is 0 Å². The second-order valence-corrected chi connectivity index (χ2v) is 8.01. The Morgan fingerprint density at radius 1 is 1.19 bits per heavy atom. The predicted octanol–water partition coefficient (Wildman–Crippen LogP) is 1.91. The van der Waals surface area contributed by atoms with Crippen LogP contribution in [0.2, 0.25) is 0 Å². The van der Waals surface area contributed by atoms with Crippen molar-refractivity contribution in [2.45, 2.75) is 24.3 Å². The van der Waals surface area contributed by atoms with Crippen LogP contribution >= 0.6 is 12.4 Å². The van der Waals surface area contributed by atoms with E-state index in [-0.39, 0.29) is 23.2 Å². The Morgan fingerprint density at radius 2 is 1.85 bits per heavy atom. The number of rotatable bonds is 4. The van der Waals surface area contributed by atoms with E-state index in [1.807, 2.05) is 31.2 Å². The van der Waals surface area contributed by atoms with Crippen molar-refractivity contribution in [3.05, 3.63) is 59.2 Å². The molecule has 0 radical (unpaired) electrons. The Balaban J connectivity index is 0.00000243. The van der Waals surface area contributed by atoms with Gasteiger partial charge < -0.3 is 10.6 Å². The molecule has 1 unspecified atom stereocenters. The maximum atomic E-state index is 12.9. The summed E-state index contributed by atoms with van der Waals surface area (Å²) < 4.78 is 26.3. The van der Waals surface area contributed by atoms with Crippen molar-refractivity contribution in [3.63, 3.8) is 0 Å². The molecular formula is C18H22ClN3O3S. The molecule has 0 aliphatic carbocycles. The van der Waals surface area contributed by atoms with Crippen molar-refractivity contribution in [1.82, 2.24) is 4.72 Å². The summed E-state index contributed by atoms with van der Waals surface area (Å²) in [5.74, 6) is -0.235. The third-order valence-corrected chi connectivity index (χ3v) is 5.91. The molecule has 0 fully saturated rings. The number of hydrogen-bond donors (Lipinski definition) is 2. The number of sulfonamides is 1. The molecule has 1 amide bonds. The Hall–Kier alpha value is -1.93. The van der Waals surface area contributed by atoms with Gasteiger partial charge in [0.1, 0.15) is 6.04 Å². The number of halogens is 1. The summed E-state index contributed by atoms with van der Waals surface area (Å²) in [6.45, 7) is 2.47. The fourth-order valence-corrected chi connectivity index (χ4v) is 3.71. The first-order valence-electron chi connectivity index (χ1n) is 8.03. The van der Waals surface area contributed by atoms with Gasteiger partial charge in [-0.3, -0.25) is 4.79 Å². The molecule has 8 heteroatoms. The van der Waals surface area contributed by atoms with Gasteiger partial charge in [0, 0.05) is 12.2 Å². The molecule has 1 aliphatic rings. The first kappa shape index (κ1) is 20.4. The average molecular weight is 396 g/mol. The van der Waals surface area contributed by atoms with Crippen LogP contribution < -0.4 is 15.4 Å². The summed E-state index contributed by atoms with van der Waals surface area (Å²) in [5, 5.41) is 0. The van der Waals surface area contributed by atoms with Crippen molar-refractivity contribution in [1.29, 1.82) is 0 Å². The van der Waals surface area contributed by atoms with Crippen LogP contribution in [0.3, 0.4) is 0 Å². The molecular weight excluding hydrogens is 374 g/mol. The van der Waals surface area contributed by atoms with Gasteiger partial charge in [-0.1, -0.05) is 35.9 Å². The van der Waals surface area contributed by atoms with E-state index < -0.39 is 16.1 Å². The van der Waals surface area contributed by atoms with E-state index in [9.17, 15) is 13.2 Å². The lowest BCUT2D eigenvalue weighted by Crippen LogP contribution is -2.37. The highest BCUT2D eigenvalue weighted by Gasteiger charge is 2.30. The van der Waals surface area contributed by atoms with Gasteiger partial charge in [0.05, 0.1) is 4.90 Å². The summed E-state index contributed by atoms with van der Waals surface area (Å²) in [7, 11) is -2.21. The lowest BCUT2D eigenvalue weighted by atomic mass is 10.0. The maximum absolute atomic E-state index is 12.9. The minimum Gasteiger partial charge on any atom is -0.316 e. The summed E-state index contributed by atoms with van der Waals surface area (Å²) >= 11 is 0. The fourth-order valence-electron chi connectivity index (χ4n) is 2.96. The van der Waals surface area contributed by atoms with Gasteiger partial charge >= 0.3 is 0 Å². The normalized spacial score (nSPS) is 14.5. The largest absolute Gasteiger partial charge is 0.316 e. The number of carbonyl (C=O) groups is 1. The summed E-state index contributed by atoms with van der Waals surface area (Å²) in [5.41, 5.74) is 9.55. The molecule has 0 aromatic heterocycles. The lowest BCUT2D eigenvalue weighted by molar-refractivity contribution is -0.119. The number of nitrogens with one attached hydrogen (secondary N) is 1. The van der Waals surface area contributed by atoms with E-state index in [0.29, 0.717) is 18.7 Å². The first-order chi connectivity index (χ1) is 11.8. The van der Waals surface area contributed by atoms with Crippen LogP contribution in [0.15, 0.2) is 47.4 Å². The third-order valence-electron chi connectivity index (χ3n) is 4.50. The zero-order chi connectivity index (χ0) is 18.2. The average Bonchev–Trinajstić information content (AvgIpc) is 3.04. The van der Waals surface area contributed by atoms with Crippen molar-refractivity contribution in [2.24, 2.45) is 5.73 Å². The number of hydrogen-bond acceptors (Lipinski definition) is 4. The van der Waals surface area contributed by atoms with Gasteiger partial charge in [0.2, 0.25) is 15.9 Å². The van der Waals surface area contributed by atoms with Gasteiger partial charge in [-0.15, -0.1) is 12.4 Å². The van der Waals surface area contributed by atoms with Crippen molar-refractivity contribution >= 4 is 34.0 Å². The summed E-state index contributed by atoms with van der Waals surface area (Å²) in [6.07, 6.45) is 0.682. The molecule has 3 rings (SSSR count). The van der Waals surface area contributed by atoms with Gasteiger partial charge in [0.25, 0.3) is 0 Å². The Bertz CT molecular complexity index is 914. The highest BCUT2D eigenvalue weighted by Crippen LogP contribution is 2.32. The van der Waals surface area contributed by atoms with E-state index in [4.69, 9.17) is 5.73 Å². The van der Waals surface area contributed by atoms with E-state index >= 15 is 0 Å². The Labute approximate surface area is 159 Å². The molecule has 0 saturated carbocycles. The van der Waals surface area contributed by atoms with Crippen LogP contribution in [0.5, 0.6) is 0 Å². The van der Waals surface area contributed by atoms with Crippen molar-refractivity contribution < 1.29 is 13.2 Å². The third kappa shape index (κ3) is 3.76. The maximum Gasteiger partial charge on any atom is 0.248 e. The zero-order valence-corrected chi connectivity index (χ0v) is 16.2. The molecule has 1 aliphatic heterocycles. The fraction of sp³-hybridized carbons (Fsp3) is 0.278. The number of fused-ring (bicyclic) bond motifs is 1. The van der Waals surface area contributed by atoms with Crippen LogP contribution in [0.4, 0.5) is 5.69 Å². The number of amides is 1. The van der Waals surface area contributed by atoms with E-state index in [2.05, 4.69) is 4.72 Å². The number of anilines is 1. The zero-order valence-electron chi connectivity index (χ0n) is 14.6. The highest BCUT2D eigenvalue weighted by molar-refractivity contribution is 7.89. The molecule has 6 nitrogen and oxygen atoms in total. The molecule has 0 bridgehead atoms. The first-order valence-corrected chi connectivity index (χ1v) is 9.52. The van der Waals surface area contributed by atoms with Crippen LogP contribution in [0, 0.1) is 6.92 Å². The summed E-state index contributed by atoms with van der Waals surface area (Å²) in [6, 6.07) is 11.6. The van der Waals surface area contributed by atoms with Gasteiger partial charge in [0.15, 0.2) is 0 Å². The van der Waals surface area contributed by atoms with E-state index in [0.717, 1.165) is 16.7 Å². The minimum absolute atomic E-state index is 0. The number of aryl methyl sites for hydroxylation is 1. The molecule has 0 saturated heterocycles. The number of benzene rings is 2. The molecule has 2 aromatic rings. The Morgan fingerprint density at radius 3 is 2.46 bits per heavy atom. The number of carbonyl (C=O) groups excluding carboxylic acids is 1. The quantitative estimate of drug-likeness (QED) is 0.827. The topological polar surface area (TPSA) is 92.5 Å². The molecule has 2 aromatic carbocycles. The molecule has 1 atom stereocenters. The monoisotopic (exact) mass is 395 g/mol. The van der Waals surface area contributed by atoms with Crippen LogP contribution in [-0.2, 0) is 21.2 Å². The SMILES string of the molecule is CNS(=O)(=O)c1ccc2c(c1)N(C(=O)C(N)c1ccc(C)cc1)CC2.Cl. The highest BCUT2D eigenvalue weighted by atomic mass is 35.5. The minimum atomic E-state index is -3.57. The predicted molar refractivity (Wildman–Crippen MR) is 104 cm³/mol. The standard InChI is InChI=1S/C18H21N3O3S.ClH/c1-12-3-5-14(6-4-12)17(19)18(22)21-10-9-13-7-8-15(11-16(13)21)25(23,24)20-2;/h3-8,11,17,20H,9-10,19H2,1-2H3;1H. The second-order valence-electron chi connectivity index (χ2n) is 6.13. The summed E-state index contributed by atoms with van der Waals surface area (Å²) in [4.78, 5) is 14.6. The molecule has 1 heterocycles. The van der Waals surface area contributed by atoms with E-state index in [1.54, 1.807) is 17.0 Å². The van der Waals surface area contributed by atoms with Crippen molar-refractivity contribution in [3.8, 4) is 0 Å². The van der Waals surface area contributed by atoms with Gasteiger partial charge in [-0.25, -0.2) is 13.1 Å². The molecule has 0 spiro atoms. The smallest absolute Gasteiger partial charge is 0.248 e. The Kier molecular flexibility index (Phi) is 6.08.